The summed E-state index contributed by atoms with van der Waals surface area (Å²) in [6, 6.07) is 28.0. The van der Waals surface area contributed by atoms with E-state index in [0.29, 0.717) is 17.9 Å². The molecule has 0 spiro atoms. The molecule has 194 valence electrons. The number of hydrogen-bond donors (Lipinski definition) is 1. The summed E-state index contributed by atoms with van der Waals surface area (Å²) < 4.78 is 9.02. The number of thiophene rings is 1. The van der Waals surface area contributed by atoms with Crippen molar-refractivity contribution in [1.29, 1.82) is 5.26 Å². The van der Waals surface area contributed by atoms with Gasteiger partial charge >= 0.3 is 0 Å². The van der Waals surface area contributed by atoms with Crippen LogP contribution in [0.5, 0.6) is 5.75 Å². The van der Waals surface area contributed by atoms with Crippen molar-refractivity contribution in [3.8, 4) is 11.8 Å². The Kier molecular flexibility index (Phi) is 6.78. The smallest absolute Gasteiger partial charge is 0.272 e. The number of ether oxygens (including phenoxy) is 1. The Labute approximate surface area is 231 Å². The van der Waals surface area contributed by atoms with Gasteiger partial charge in [0.2, 0.25) is 0 Å². The average molecular weight is 533 g/mol. The first kappa shape index (κ1) is 24.8. The van der Waals surface area contributed by atoms with Crippen molar-refractivity contribution in [2.24, 2.45) is 7.05 Å². The van der Waals surface area contributed by atoms with Crippen LogP contribution in [0.25, 0.3) is 10.2 Å². The zero-order valence-electron chi connectivity index (χ0n) is 21.7. The predicted octanol–water partition coefficient (Wildman–Crippen LogP) is 6.90. The lowest BCUT2D eigenvalue weighted by Crippen LogP contribution is -2.30. The minimum Gasteiger partial charge on any atom is -0.489 e. The fourth-order valence-electron chi connectivity index (χ4n) is 5.26. The van der Waals surface area contributed by atoms with Crippen LogP contribution in [0.15, 0.2) is 84.2 Å². The van der Waals surface area contributed by atoms with Gasteiger partial charge in [0.1, 0.15) is 18.1 Å². The van der Waals surface area contributed by atoms with Crippen LogP contribution in [0.1, 0.15) is 39.2 Å². The summed E-state index contributed by atoms with van der Waals surface area (Å²) in [6.07, 6.45) is 2.07. The summed E-state index contributed by atoms with van der Waals surface area (Å²) >= 11 is 1.65. The van der Waals surface area contributed by atoms with Crippen molar-refractivity contribution in [3.63, 3.8) is 0 Å². The SMILES string of the molecule is Cn1c(C(=O)Nc2cccc3c2N(Cc2ccc(OCc4cccc(C#N)c4)cc2)CCC3)cc2sccc21. The zero-order valence-corrected chi connectivity index (χ0v) is 22.5. The molecule has 7 heteroatoms. The van der Waals surface area contributed by atoms with Crippen molar-refractivity contribution < 1.29 is 9.53 Å². The quantitative estimate of drug-likeness (QED) is 0.248. The van der Waals surface area contributed by atoms with Crippen LogP contribution in [0.3, 0.4) is 0 Å². The molecule has 0 bridgehead atoms. The van der Waals surface area contributed by atoms with Gasteiger partial charge < -0.3 is 19.5 Å². The number of benzene rings is 3. The fourth-order valence-corrected chi connectivity index (χ4v) is 6.11. The number of anilines is 2. The third kappa shape index (κ3) is 5.12. The van der Waals surface area contributed by atoms with E-state index in [4.69, 9.17) is 10.00 Å². The molecular weight excluding hydrogens is 504 g/mol. The number of aryl methyl sites for hydroxylation is 2. The van der Waals surface area contributed by atoms with Gasteiger partial charge in [-0.2, -0.15) is 5.26 Å². The normalized spacial score (nSPS) is 12.7. The molecule has 5 aromatic rings. The van der Waals surface area contributed by atoms with Crippen LogP contribution in [-0.4, -0.2) is 17.0 Å². The van der Waals surface area contributed by atoms with E-state index >= 15 is 0 Å². The molecule has 1 N–H and O–H groups in total. The van der Waals surface area contributed by atoms with Gasteiger partial charge in [-0.3, -0.25) is 4.79 Å². The van der Waals surface area contributed by atoms with E-state index < -0.39 is 0 Å². The molecule has 1 amide bonds. The van der Waals surface area contributed by atoms with Crippen molar-refractivity contribution in [3.05, 3.63) is 112 Å². The van der Waals surface area contributed by atoms with Gasteiger partial charge in [-0.1, -0.05) is 36.4 Å². The second-order valence-electron chi connectivity index (χ2n) is 9.80. The summed E-state index contributed by atoms with van der Waals surface area (Å²) in [5.41, 5.74) is 7.71. The van der Waals surface area contributed by atoms with E-state index in [1.54, 1.807) is 17.4 Å². The number of nitriles is 1. The minimum atomic E-state index is -0.0957. The van der Waals surface area contributed by atoms with Gasteiger partial charge in [-0.25, -0.2) is 0 Å². The second-order valence-corrected chi connectivity index (χ2v) is 10.7. The molecule has 0 radical (unpaired) electrons. The van der Waals surface area contributed by atoms with E-state index in [0.717, 1.165) is 58.8 Å². The number of fused-ring (bicyclic) bond motifs is 2. The molecule has 3 heterocycles. The van der Waals surface area contributed by atoms with E-state index in [1.165, 1.54) is 11.1 Å². The fraction of sp³-hybridized carbons (Fsp3) is 0.188. The molecule has 0 aliphatic carbocycles. The van der Waals surface area contributed by atoms with E-state index in [-0.39, 0.29) is 5.91 Å². The summed E-state index contributed by atoms with van der Waals surface area (Å²) in [7, 11) is 1.94. The van der Waals surface area contributed by atoms with Crippen LogP contribution >= 0.6 is 11.3 Å². The maximum absolute atomic E-state index is 13.3. The van der Waals surface area contributed by atoms with Crippen LogP contribution < -0.4 is 15.0 Å². The van der Waals surface area contributed by atoms with Crippen LogP contribution in [0.2, 0.25) is 0 Å². The Balaban J connectivity index is 1.17. The van der Waals surface area contributed by atoms with E-state index in [2.05, 4.69) is 34.5 Å². The monoisotopic (exact) mass is 532 g/mol. The minimum absolute atomic E-state index is 0.0957. The summed E-state index contributed by atoms with van der Waals surface area (Å²) in [5.74, 6) is 0.692. The first-order chi connectivity index (χ1) is 19.1. The van der Waals surface area contributed by atoms with Crippen molar-refractivity contribution in [2.45, 2.75) is 26.0 Å². The molecule has 1 aliphatic rings. The third-order valence-electron chi connectivity index (χ3n) is 7.21. The molecular formula is C32H28N4O2S. The predicted molar refractivity (Wildman–Crippen MR) is 156 cm³/mol. The van der Waals surface area contributed by atoms with Gasteiger partial charge in [-0.05, 0) is 77.4 Å². The highest BCUT2D eigenvalue weighted by Gasteiger charge is 2.23. The van der Waals surface area contributed by atoms with Crippen molar-refractivity contribution >= 4 is 38.8 Å². The standard InChI is InChI=1S/C32H28N4O2S/c1-35-28-14-16-39-30(28)18-29(35)32(37)34-27-9-3-7-25-8-4-15-36(31(25)27)20-22-10-12-26(13-11-22)38-21-24-6-2-5-23(17-24)19-33/h2-3,5-7,9-14,16-18H,4,8,15,20-21H2,1H3,(H,34,37). The number of carbonyl (C=O) groups excluding carboxylic acids is 1. The second kappa shape index (κ2) is 10.7. The summed E-state index contributed by atoms with van der Waals surface area (Å²) in [5, 5.41) is 14.4. The number of nitrogens with one attached hydrogen (secondary N) is 1. The molecule has 1 aliphatic heterocycles. The molecule has 2 aromatic heterocycles. The maximum Gasteiger partial charge on any atom is 0.272 e. The lowest BCUT2D eigenvalue weighted by molar-refractivity contribution is 0.101. The number of rotatable bonds is 7. The Morgan fingerprint density at radius 1 is 1.05 bits per heavy atom. The lowest BCUT2D eigenvalue weighted by atomic mass is 9.99. The van der Waals surface area contributed by atoms with Crippen LogP contribution in [0, 0.1) is 11.3 Å². The Morgan fingerprint density at radius 3 is 2.72 bits per heavy atom. The van der Waals surface area contributed by atoms with Gasteiger partial charge in [-0.15, -0.1) is 11.3 Å². The molecule has 0 saturated heterocycles. The third-order valence-corrected chi connectivity index (χ3v) is 8.07. The molecule has 39 heavy (non-hydrogen) atoms. The highest BCUT2D eigenvalue weighted by atomic mass is 32.1. The first-order valence-corrected chi connectivity index (χ1v) is 13.9. The first-order valence-electron chi connectivity index (χ1n) is 13.0. The van der Waals surface area contributed by atoms with Gasteiger partial charge in [0.15, 0.2) is 0 Å². The lowest BCUT2D eigenvalue weighted by Gasteiger charge is -2.33. The summed E-state index contributed by atoms with van der Waals surface area (Å²) in [4.78, 5) is 15.7. The largest absolute Gasteiger partial charge is 0.489 e. The zero-order chi connectivity index (χ0) is 26.8. The van der Waals surface area contributed by atoms with Gasteiger partial charge in [0.25, 0.3) is 5.91 Å². The number of hydrogen-bond acceptors (Lipinski definition) is 5. The van der Waals surface area contributed by atoms with E-state index in [1.807, 2.05) is 71.6 Å². The Hall–Kier alpha value is -4.54. The molecule has 0 fully saturated rings. The molecule has 3 aromatic carbocycles. The van der Waals surface area contributed by atoms with Gasteiger partial charge in [0.05, 0.1) is 33.2 Å². The number of carbonyl (C=O) groups is 1. The number of nitrogens with zero attached hydrogens (tertiary/aromatic N) is 3. The van der Waals surface area contributed by atoms with Crippen LogP contribution in [-0.2, 0) is 26.6 Å². The summed E-state index contributed by atoms with van der Waals surface area (Å²) in [6.45, 7) is 2.08. The number of para-hydroxylation sites is 1. The van der Waals surface area contributed by atoms with Crippen LogP contribution in [0.4, 0.5) is 11.4 Å². The van der Waals surface area contributed by atoms with E-state index in [9.17, 15) is 4.79 Å². The Bertz CT molecular complexity index is 1690. The highest BCUT2D eigenvalue weighted by Crippen LogP contribution is 2.36. The molecule has 0 atom stereocenters. The molecule has 6 rings (SSSR count). The molecule has 0 saturated carbocycles. The maximum atomic E-state index is 13.3. The highest BCUT2D eigenvalue weighted by molar-refractivity contribution is 7.17. The molecule has 6 nitrogen and oxygen atoms in total. The Morgan fingerprint density at radius 2 is 1.90 bits per heavy atom. The van der Waals surface area contributed by atoms with Crippen molar-refractivity contribution in [1.82, 2.24) is 4.57 Å². The number of aromatic nitrogens is 1. The van der Waals surface area contributed by atoms with Crippen molar-refractivity contribution in [2.75, 3.05) is 16.8 Å². The average Bonchev–Trinajstić information content (AvgIpc) is 3.56. The number of amides is 1. The molecule has 0 unspecified atom stereocenters. The van der Waals surface area contributed by atoms with Gasteiger partial charge in [0, 0.05) is 20.1 Å². The topological polar surface area (TPSA) is 70.3 Å².